The summed E-state index contributed by atoms with van der Waals surface area (Å²) in [6, 6.07) is 0. The van der Waals surface area contributed by atoms with Crippen molar-refractivity contribution in [1.82, 2.24) is 9.80 Å². The molecule has 0 aliphatic rings. The number of thioether (sulfide) groups is 1. The first-order valence-corrected chi connectivity index (χ1v) is 6.64. The maximum atomic E-state index is 8.64. The van der Waals surface area contributed by atoms with Crippen LogP contribution in [0.15, 0.2) is 4.99 Å². The third kappa shape index (κ3) is 6.70. The molecule has 4 nitrogen and oxygen atoms in total. The van der Waals surface area contributed by atoms with Crippen LogP contribution in [0.3, 0.4) is 0 Å². The van der Waals surface area contributed by atoms with Crippen molar-refractivity contribution in [2.24, 2.45) is 10.9 Å². The molecule has 0 atom stereocenters. The Hall–Kier alpha value is -0.730. The second kappa shape index (κ2) is 8.43. The second-order valence-corrected chi connectivity index (χ2v) is 5.12. The zero-order chi connectivity index (χ0) is 12.6. The van der Waals surface area contributed by atoms with Gasteiger partial charge in [-0.15, -0.1) is 4.99 Å². The lowest BCUT2D eigenvalue weighted by molar-refractivity contribution is 0.311. The molecule has 0 aliphatic heterocycles. The van der Waals surface area contributed by atoms with Crippen molar-refractivity contribution < 1.29 is 0 Å². The molecule has 0 saturated carbocycles. The molecule has 16 heavy (non-hydrogen) atoms. The van der Waals surface area contributed by atoms with Gasteiger partial charge in [0.2, 0.25) is 6.19 Å². The standard InChI is InChI=1S/C11H22N4S/c1-10(2)8-15(7-6-14(3)4)11(16-5)13-9-12/h10H,6-8H2,1-5H3. The van der Waals surface area contributed by atoms with Crippen LogP contribution < -0.4 is 0 Å². The normalized spacial score (nSPS) is 12.0. The van der Waals surface area contributed by atoms with E-state index >= 15 is 0 Å². The van der Waals surface area contributed by atoms with Crippen LogP contribution in [0.1, 0.15) is 13.8 Å². The summed E-state index contributed by atoms with van der Waals surface area (Å²) in [5.74, 6) is 0.568. The van der Waals surface area contributed by atoms with Gasteiger partial charge in [0.25, 0.3) is 0 Å². The van der Waals surface area contributed by atoms with E-state index in [0.29, 0.717) is 5.92 Å². The highest BCUT2D eigenvalue weighted by Crippen LogP contribution is 2.08. The quantitative estimate of drug-likeness (QED) is 0.418. The fourth-order valence-electron chi connectivity index (χ4n) is 1.31. The average molecular weight is 242 g/mol. The molecular formula is C11H22N4S. The van der Waals surface area contributed by atoms with Gasteiger partial charge in [0.05, 0.1) is 0 Å². The van der Waals surface area contributed by atoms with E-state index in [9.17, 15) is 0 Å². The smallest absolute Gasteiger partial charge is 0.208 e. The number of nitriles is 1. The topological polar surface area (TPSA) is 42.6 Å². The molecule has 0 N–H and O–H groups in total. The van der Waals surface area contributed by atoms with Crippen LogP contribution in [0.4, 0.5) is 0 Å². The number of rotatable bonds is 5. The van der Waals surface area contributed by atoms with Crippen molar-refractivity contribution in [2.45, 2.75) is 13.8 Å². The van der Waals surface area contributed by atoms with Crippen molar-refractivity contribution in [1.29, 1.82) is 5.26 Å². The second-order valence-electron chi connectivity index (χ2n) is 4.34. The van der Waals surface area contributed by atoms with Crippen LogP contribution in [0.5, 0.6) is 0 Å². The van der Waals surface area contributed by atoms with Gasteiger partial charge in [0.15, 0.2) is 5.17 Å². The molecule has 0 aromatic carbocycles. The lowest BCUT2D eigenvalue weighted by Crippen LogP contribution is -2.37. The van der Waals surface area contributed by atoms with Crippen molar-refractivity contribution in [3.05, 3.63) is 0 Å². The third-order valence-electron chi connectivity index (χ3n) is 2.00. The van der Waals surface area contributed by atoms with E-state index < -0.39 is 0 Å². The Bertz CT molecular complexity index is 255. The average Bonchev–Trinajstić information content (AvgIpc) is 2.20. The molecule has 0 radical (unpaired) electrons. The molecule has 5 heteroatoms. The molecule has 0 spiro atoms. The Kier molecular flexibility index (Phi) is 8.04. The highest BCUT2D eigenvalue weighted by molar-refractivity contribution is 8.13. The number of hydrogen-bond acceptors (Lipinski definition) is 4. The SMILES string of the molecule is CSC(=NC#N)N(CCN(C)C)CC(C)C. The molecule has 0 heterocycles. The van der Waals surface area contributed by atoms with Crippen molar-refractivity contribution in [3.63, 3.8) is 0 Å². The lowest BCUT2D eigenvalue weighted by atomic mass is 10.2. The Labute approximate surface area is 103 Å². The predicted molar refractivity (Wildman–Crippen MR) is 71.5 cm³/mol. The van der Waals surface area contributed by atoms with Crippen molar-refractivity contribution >= 4 is 16.9 Å². The van der Waals surface area contributed by atoms with Gasteiger partial charge in [-0.25, -0.2) is 0 Å². The molecule has 0 unspecified atom stereocenters. The number of aliphatic imine (C=N–C) groups is 1. The van der Waals surface area contributed by atoms with Gasteiger partial charge in [-0.3, -0.25) is 0 Å². The van der Waals surface area contributed by atoms with Gasteiger partial charge in [-0.05, 0) is 26.3 Å². The fourth-order valence-corrected chi connectivity index (χ4v) is 1.87. The minimum absolute atomic E-state index is 0.568. The van der Waals surface area contributed by atoms with Crippen LogP contribution in [0.25, 0.3) is 0 Å². The van der Waals surface area contributed by atoms with E-state index in [2.05, 4.69) is 28.6 Å². The Morgan fingerprint density at radius 2 is 2.00 bits per heavy atom. The molecule has 0 aliphatic carbocycles. The summed E-state index contributed by atoms with van der Waals surface area (Å²) in [7, 11) is 4.10. The number of nitrogens with zero attached hydrogens (tertiary/aromatic N) is 4. The highest BCUT2D eigenvalue weighted by Gasteiger charge is 2.12. The minimum atomic E-state index is 0.568. The van der Waals surface area contributed by atoms with E-state index in [1.54, 1.807) is 0 Å². The lowest BCUT2D eigenvalue weighted by Gasteiger charge is -2.27. The van der Waals surface area contributed by atoms with Crippen molar-refractivity contribution in [2.75, 3.05) is 40.0 Å². The van der Waals surface area contributed by atoms with Gasteiger partial charge in [0.1, 0.15) is 0 Å². The molecule has 0 bridgehead atoms. The Morgan fingerprint density at radius 3 is 2.38 bits per heavy atom. The van der Waals surface area contributed by atoms with E-state index in [4.69, 9.17) is 5.26 Å². The first kappa shape index (κ1) is 15.3. The van der Waals surface area contributed by atoms with Gasteiger partial charge in [-0.1, -0.05) is 25.6 Å². The third-order valence-corrected chi connectivity index (χ3v) is 2.72. The molecule has 92 valence electrons. The monoisotopic (exact) mass is 242 g/mol. The summed E-state index contributed by atoms with van der Waals surface area (Å²) in [6.07, 6.45) is 3.83. The maximum Gasteiger partial charge on any atom is 0.208 e. The van der Waals surface area contributed by atoms with Crippen LogP contribution in [-0.2, 0) is 0 Å². The largest absolute Gasteiger partial charge is 0.349 e. The molecule has 0 saturated heterocycles. The maximum absolute atomic E-state index is 8.64. The van der Waals surface area contributed by atoms with Gasteiger partial charge < -0.3 is 9.80 Å². The van der Waals surface area contributed by atoms with E-state index in [1.807, 2.05) is 26.5 Å². The molecular weight excluding hydrogens is 220 g/mol. The Morgan fingerprint density at radius 1 is 1.38 bits per heavy atom. The summed E-state index contributed by atoms with van der Waals surface area (Å²) in [6.45, 7) is 7.17. The van der Waals surface area contributed by atoms with Crippen LogP contribution in [0.2, 0.25) is 0 Å². The van der Waals surface area contributed by atoms with E-state index in [1.165, 1.54) is 11.8 Å². The predicted octanol–water partition coefficient (Wildman–Crippen LogP) is 1.71. The van der Waals surface area contributed by atoms with Gasteiger partial charge >= 0.3 is 0 Å². The van der Waals surface area contributed by atoms with E-state index in [0.717, 1.165) is 24.8 Å². The first-order valence-electron chi connectivity index (χ1n) is 5.41. The van der Waals surface area contributed by atoms with Crippen LogP contribution >= 0.6 is 11.8 Å². The zero-order valence-electron chi connectivity index (χ0n) is 10.9. The fraction of sp³-hybridized carbons (Fsp3) is 0.818. The first-order chi connectivity index (χ1) is 7.51. The number of hydrogen-bond donors (Lipinski definition) is 0. The minimum Gasteiger partial charge on any atom is -0.349 e. The molecule has 0 rings (SSSR count). The summed E-state index contributed by atoms with van der Waals surface area (Å²) < 4.78 is 0. The molecule has 0 aromatic rings. The zero-order valence-corrected chi connectivity index (χ0v) is 11.7. The summed E-state index contributed by atoms with van der Waals surface area (Å²) in [4.78, 5) is 8.18. The highest BCUT2D eigenvalue weighted by atomic mass is 32.2. The van der Waals surface area contributed by atoms with Gasteiger partial charge in [-0.2, -0.15) is 5.26 Å². The summed E-state index contributed by atoms with van der Waals surface area (Å²) in [5.41, 5.74) is 0. The number of amidine groups is 1. The van der Waals surface area contributed by atoms with Crippen LogP contribution in [0, 0.1) is 17.4 Å². The van der Waals surface area contributed by atoms with Crippen molar-refractivity contribution in [3.8, 4) is 6.19 Å². The van der Waals surface area contributed by atoms with Gasteiger partial charge in [0, 0.05) is 19.6 Å². The number of likely N-dealkylation sites (N-methyl/N-ethyl adjacent to an activating group) is 1. The van der Waals surface area contributed by atoms with Crippen LogP contribution in [-0.4, -0.2) is 55.0 Å². The molecule has 0 amide bonds. The Balaban J connectivity index is 4.52. The molecule has 0 fully saturated rings. The molecule has 0 aromatic heterocycles. The summed E-state index contributed by atoms with van der Waals surface area (Å²) in [5, 5.41) is 9.46. The van der Waals surface area contributed by atoms with E-state index in [-0.39, 0.29) is 0 Å². The summed E-state index contributed by atoms with van der Waals surface area (Å²) >= 11 is 1.53.